The highest BCUT2D eigenvalue weighted by Crippen LogP contribution is 2.38. The lowest BCUT2D eigenvalue weighted by molar-refractivity contribution is -0.384. The molecule has 0 saturated heterocycles. The Labute approximate surface area is 132 Å². The number of halogens is 1. The van der Waals surface area contributed by atoms with Gasteiger partial charge in [0.1, 0.15) is 6.04 Å². The number of nitro benzene ring substituents is 1. The Morgan fingerprint density at radius 2 is 2.14 bits per heavy atom. The van der Waals surface area contributed by atoms with Crippen molar-refractivity contribution in [3.63, 3.8) is 0 Å². The first-order valence-electron chi connectivity index (χ1n) is 6.07. The normalized spacial score (nSPS) is 17.1. The molecule has 6 nitrogen and oxygen atoms in total. The lowest BCUT2D eigenvalue weighted by atomic mass is 10.1. The van der Waals surface area contributed by atoms with Crippen LogP contribution in [0.5, 0.6) is 0 Å². The zero-order chi connectivity index (χ0) is 15.1. The minimum atomic E-state index is -0.844. The third-order valence-corrected chi connectivity index (χ3v) is 4.93. The number of carbonyl (C=O) groups excluding carboxylic acids is 1. The van der Waals surface area contributed by atoms with Crippen LogP contribution >= 0.6 is 27.3 Å². The molecule has 2 aromatic rings. The fourth-order valence-electron chi connectivity index (χ4n) is 2.33. The van der Waals surface area contributed by atoms with E-state index in [0.29, 0.717) is 17.8 Å². The quantitative estimate of drug-likeness (QED) is 0.666. The van der Waals surface area contributed by atoms with Gasteiger partial charge >= 0.3 is 0 Å². The van der Waals surface area contributed by atoms with Crippen molar-refractivity contribution in [2.45, 2.75) is 12.6 Å². The average Bonchev–Trinajstić information content (AvgIpc) is 2.96. The molecule has 0 radical (unpaired) electrons. The number of hydrogen-bond donors (Lipinski definition) is 1. The van der Waals surface area contributed by atoms with Crippen molar-refractivity contribution >= 4 is 44.5 Å². The minimum absolute atomic E-state index is 0.0577. The first kappa shape index (κ1) is 14.2. The number of nitro groups is 1. The maximum absolute atomic E-state index is 12.3. The van der Waals surface area contributed by atoms with E-state index in [0.717, 1.165) is 8.66 Å². The molecule has 1 aromatic heterocycles. The zero-order valence-corrected chi connectivity index (χ0v) is 13.1. The molecule has 3 rings (SSSR count). The van der Waals surface area contributed by atoms with E-state index in [1.54, 1.807) is 11.0 Å². The van der Waals surface area contributed by atoms with Gasteiger partial charge in [0.25, 0.3) is 5.69 Å². The Morgan fingerprint density at radius 1 is 1.38 bits per heavy atom. The SMILES string of the molecule is NC1C(=O)N(Cc2ccc(Br)s2)c2ccc([N+](=O)[O-])cc21. The van der Waals surface area contributed by atoms with Crippen LogP contribution in [-0.2, 0) is 11.3 Å². The highest BCUT2D eigenvalue weighted by atomic mass is 79.9. The van der Waals surface area contributed by atoms with Gasteiger partial charge in [0, 0.05) is 28.3 Å². The van der Waals surface area contributed by atoms with Crippen molar-refractivity contribution in [1.82, 2.24) is 0 Å². The fraction of sp³-hybridized carbons (Fsp3) is 0.154. The first-order chi connectivity index (χ1) is 9.97. The molecule has 1 amide bonds. The molecule has 0 saturated carbocycles. The third kappa shape index (κ3) is 2.45. The molecular formula is C13H10BrN3O3S. The van der Waals surface area contributed by atoms with Gasteiger partial charge in [0.05, 0.1) is 15.3 Å². The van der Waals surface area contributed by atoms with Crippen LogP contribution in [0.4, 0.5) is 11.4 Å². The molecule has 0 spiro atoms. The van der Waals surface area contributed by atoms with Gasteiger partial charge < -0.3 is 10.6 Å². The van der Waals surface area contributed by atoms with Crippen LogP contribution in [0, 0.1) is 10.1 Å². The Bertz CT molecular complexity index is 746. The monoisotopic (exact) mass is 367 g/mol. The smallest absolute Gasteiger partial charge is 0.269 e. The van der Waals surface area contributed by atoms with Crippen molar-refractivity contribution in [2.75, 3.05) is 4.90 Å². The summed E-state index contributed by atoms with van der Waals surface area (Å²) in [7, 11) is 0. The Hall–Kier alpha value is -1.77. The van der Waals surface area contributed by atoms with E-state index < -0.39 is 11.0 Å². The summed E-state index contributed by atoms with van der Waals surface area (Å²) in [5, 5.41) is 10.8. The van der Waals surface area contributed by atoms with E-state index in [2.05, 4.69) is 15.9 Å². The van der Waals surface area contributed by atoms with Gasteiger partial charge in [0.15, 0.2) is 0 Å². The van der Waals surface area contributed by atoms with Crippen molar-refractivity contribution in [3.8, 4) is 0 Å². The number of nitrogens with zero attached hydrogens (tertiary/aromatic N) is 2. The standard InChI is InChI=1S/C13H10BrN3O3S/c14-11-4-2-8(21-11)6-16-10-3-1-7(17(19)20)5-9(10)12(15)13(16)18/h1-5,12H,6,15H2. The topological polar surface area (TPSA) is 89.5 Å². The lowest BCUT2D eigenvalue weighted by Gasteiger charge is -2.16. The number of amides is 1. The van der Waals surface area contributed by atoms with Gasteiger partial charge in [-0.15, -0.1) is 11.3 Å². The summed E-state index contributed by atoms with van der Waals surface area (Å²) in [6, 6.07) is 7.35. The van der Waals surface area contributed by atoms with Crippen LogP contribution in [0.1, 0.15) is 16.5 Å². The molecule has 0 bridgehead atoms. The van der Waals surface area contributed by atoms with E-state index in [9.17, 15) is 14.9 Å². The molecule has 1 aliphatic heterocycles. The second-order valence-corrected chi connectivity index (χ2v) is 7.16. The summed E-state index contributed by atoms with van der Waals surface area (Å²) < 4.78 is 0.984. The fourth-order valence-corrected chi connectivity index (χ4v) is 3.80. The predicted octanol–water partition coefficient (Wildman–Crippen LogP) is 2.97. The third-order valence-electron chi connectivity index (χ3n) is 3.32. The maximum Gasteiger partial charge on any atom is 0.269 e. The molecule has 8 heteroatoms. The second kappa shape index (κ2) is 5.21. The van der Waals surface area contributed by atoms with Crippen LogP contribution in [0.25, 0.3) is 0 Å². The predicted molar refractivity (Wildman–Crippen MR) is 83.2 cm³/mol. The van der Waals surface area contributed by atoms with Gasteiger partial charge in [-0.05, 0) is 34.1 Å². The van der Waals surface area contributed by atoms with E-state index in [4.69, 9.17) is 5.73 Å². The van der Waals surface area contributed by atoms with E-state index in [1.165, 1.54) is 23.5 Å². The van der Waals surface area contributed by atoms with Gasteiger partial charge in [-0.25, -0.2) is 0 Å². The number of fused-ring (bicyclic) bond motifs is 1. The number of anilines is 1. The summed E-state index contributed by atoms with van der Waals surface area (Å²) >= 11 is 4.92. The Morgan fingerprint density at radius 3 is 2.76 bits per heavy atom. The average molecular weight is 368 g/mol. The second-order valence-electron chi connectivity index (χ2n) is 4.61. The molecule has 108 valence electrons. The summed E-state index contributed by atoms with van der Waals surface area (Å²) in [5.74, 6) is -0.241. The molecule has 2 N–H and O–H groups in total. The number of nitrogens with two attached hydrogens (primary N) is 1. The molecule has 1 atom stereocenters. The van der Waals surface area contributed by atoms with Crippen LogP contribution < -0.4 is 10.6 Å². The van der Waals surface area contributed by atoms with Crippen LogP contribution in [0.15, 0.2) is 34.1 Å². The lowest BCUT2D eigenvalue weighted by Crippen LogP contribution is -2.30. The van der Waals surface area contributed by atoms with Crippen molar-refractivity contribution < 1.29 is 9.72 Å². The molecule has 21 heavy (non-hydrogen) atoms. The van der Waals surface area contributed by atoms with Crippen LogP contribution in [-0.4, -0.2) is 10.8 Å². The molecule has 2 heterocycles. The molecule has 0 aliphatic carbocycles. The summed E-state index contributed by atoms with van der Waals surface area (Å²) in [6.07, 6.45) is 0. The maximum atomic E-state index is 12.3. The summed E-state index contributed by atoms with van der Waals surface area (Å²) in [6.45, 7) is 0.410. The molecule has 1 aromatic carbocycles. The molecular weight excluding hydrogens is 358 g/mol. The number of hydrogen-bond acceptors (Lipinski definition) is 5. The molecule has 1 unspecified atom stereocenters. The summed E-state index contributed by atoms with van der Waals surface area (Å²) in [4.78, 5) is 25.2. The van der Waals surface area contributed by atoms with E-state index in [-0.39, 0.29) is 11.6 Å². The van der Waals surface area contributed by atoms with Gasteiger partial charge in [-0.2, -0.15) is 0 Å². The van der Waals surface area contributed by atoms with Crippen molar-refractivity contribution in [1.29, 1.82) is 0 Å². The number of non-ortho nitro benzene ring substituents is 1. The van der Waals surface area contributed by atoms with Crippen molar-refractivity contribution in [3.05, 3.63) is 54.7 Å². The number of carbonyl (C=O) groups is 1. The highest BCUT2D eigenvalue weighted by molar-refractivity contribution is 9.11. The Balaban J connectivity index is 1.98. The molecule has 0 fully saturated rings. The number of rotatable bonds is 3. The van der Waals surface area contributed by atoms with E-state index >= 15 is 0 Å². The molecule has 1 aliphatic rings. The van der Waals surface area contributed by atoms with Gasteiger partial charge in [-0.3, -0.25) is 14.9 Å². The van der Waals surface area contributed by atoms with Crippen LogP contribution in [0.2, 0.25) is 0 Å². The van der Waals surface area contributed by atoms with Gasteiger partial charge in [0.2, 0.25) is 5.91 Å². The van der Waals surface area contributed by atoms with Gasteiger partial charge in [-0.1, -0.05) is 0 Å². The number of thiophene rings is 1. The minimum Gasteiger partial charge on any atom is -0.316 e. The highest BCUT2D eigenvalue weighted by Gasteiger charge is 2.36. The van der Waals surface area contributed by atoms with Crippen molar-refractivity contribution in [2.24, 2.45) is 5.73 Å². The number of benzene rings is 1. The van der Waals surface area contributed by atoms with E-state index in [1.807, 2.05) is 12.1 Å². The Kier molecular flexibility index (Phi) is 3.52. The summed E-state index contributed by atoms with van der Waals surface area (Å²) in [5.41, 5.74) is 6.98. The van der Waals surface area contributed by atoms with Crippen LogP contribution in [0.3, 0.4) is 0 Å². The zero-order valence-electron chi connectivity index (χ0n) is 10.7. The first-order valence-corrected chi connectivity index (χ1v) is 7.68. The largest absolute Gasteiger partial charge is 0.316 e.